The van der Waals surface area contributed by atoms with Crippen LogP contribution in [0.2, 0.25) is 11.5 Å². The molecule has 0 bridgehead atoms. The summed E-state index contributed by atoms with van der Waals surface area (Å²) in [5, 5.41) is 10.2. The van der Waals surface area contributed by atoms with Crippen molar-refractivity contribution in [2.24, 2.45) is 7.05 Å². The molecule has 0 unspecified atom stereocenters. The fraction of sp³-hybridized carbons (Fsp3) is 0.118. The van der Waals surface area contributed by atoms with Gasteiger partial charge in [-0.25, -0.2) is 0 Å². The standard InChI is InChI=1S/C34H28FGeN2/c1-22-10-16-28-29-17-15-26(21-37)32(25-13-11-24(12-14-25)23-8-6-5-7-9-23)34(29)36(2,3)33(28)31(22)30-20-27(35)18-19-38(30)4/h5-20H,1-4H3/q+1. The molecule has 0 saturated heterocycles. The molecule has 0 N–H and O–H groups in total. The second kappa shape index (κ2) is 9.08. The van der Waals surface area contributed by atoms with E-state index in [2.05, 4.69) is 79.1 Å². The van der Waals surface area contributed by atoms with Crippen molar-refractivity contribution >= 4 is 22.1 Å². The molecule has 0 amide bonds. The predicted molar refractivity (Wildman–Crippen MR) is 156 cm³/mol. The van der Waals surface area contributed by atoms with Crippen LogP contribution in [0.3, 0.4) is 0 Å². The monoisotopic (exact) mass is 557 g/mol. The van der Waals surface area contributed by atoms with E-state index in [0.29, 0.717) is 5.56 Å². The molecule has 0 aliphatic carbocycles. The van der Waals surface area contributed by atoms with Crippen molar-refractivity contribution in [3.63, 3.8) is 0 Å². The Hall–Kier alpha value is -4.01. The fourth-order valence-electron chi connectivity index (χ4n) is 6.16. The zero-order chi connectivity index (χ0) is 26.6. The van der Waals surface area contributed by atoms with E-state index in [9.17, 15) is 9.65 Å². The van der Waals surface area contributed by atoms with Gasteiger partial charge in [0, 0.05) is 0 Å². The summed E-state index contributed by atoms with van der Waals surface area (Å²) in [4.78, 5) is 0. The Balaban J connectivity index is 1.60. The van der Waals surface area contributed by atoms with Crippen LogP contribution in [0.25, 0.3) is 44.6 Å². The molecule has 4 aromatic carbocycles. The zero-order valence-electron chi connectivity index (χ0n) is 22.0. The third-order valence-corrected chi connectivity index (χ3v) is 15.4. The number of aryl methyl sites for hydroxylation is 2. The first kappa shape index (κ1) is 24.3. The molecular formula is C34H28FGeN2+. The molecule has 5 aromatic rings. The Kier molecular flexibility index (Phi) is 5.81. The van der Waals surface area contributed by atoms with Crippen LogP contribution in [-0.4, -0.2) is 13.3 Å². The number of hydrogen-bond donors (Lipinski definition) is 0. The van der Waals surface area contributed by atoms with Crippen molar-refractivity contribution in [1.82, 2.24) is 0 Å². The van der Waals surface area contributed by atoms with Crippen molar-refractivity contribution < 1.29 is 8.96 Å². The van der Waals surface area contributed by atoms with Gasteiger partial charge in [-0.3, -0.25) is 0 Å². The van der Waals surface area contributed by atoms with E-state index in [4.69, 9.17) is 0 Å². The number of pyridine rings is 1. The molecule has 6 rings (SSSR count). The van der Waals surface area contributed by atoms with E-state index < -0.39 is 13.3 Å². The van der Waals surface area contributed by atoms with Gasteiger partial charge < -0.3 is 0 Å². The normalized spacial score (nSPS) is 13.1. The first-order chi connectivity index (χ1) is 18.3. The van der Waals surface area contributed by atoms with Crippen LogP contribution in [0.15, 0.2) is 97.2 Å². The third kappa shape index (κ3) is 3.71. The number of aromatic nitrogens is 1. The van der Waals surface area contributed by atoms with Crippen LogP contribution in [0.5, 0.6) is 0 Å². The summed E-state index contributed by atoms with van der Waals surface area (Å²) in [5.74, 6) is 4.59. The Labute approximate surface area is 226 Å². The number of rotatable bonds is 3. The zero-order valence-corrected chi connectivity index (χ0v) is 24.1. The molecule has 4 heteroatoms. The molecule has 1 aliphatic heterocycles. The minimum atomic E-state index is -2.99. The Morgan fingerprint density at radius 1 is 0.737 bits per heavy atom. The molecule has 1 aliphatic rings. The molecule has 0 fully saturated rings. The average Bonchev–Trinajstić information content (AvgIpc) is 3.17. The van der Waals surface area contributed by atoms with Crippen LogP contribution in [0, 0.1) is 24.1 Å². The summed E-state index contributed by atoms with van der Waals surface area (Å²) in [6, 6.07) is 33.0. The van der Waals surface area contributed by atoms with Crippen LogP contribution < -0.4 is 13.4 Å². The van der Waals surface area contributed by atoms with Crippen LogP contribution >= 0.6 is 0 Å². The Bertz CT molecular complexity index is 1760. The van der Waals surface area contributed by atoms with E-state index >= 15 is 0 Å². The number of halogens is 1. The molecule has 184 valence electrons. The van der Waals surface area contributed by atoms with Gasteiger partial charge in [-0.05, 0) is 0 Å². The first-order valence-electron chi connectivity index (χ1n) is 12.8. The minimum absolute atomic E-state index is 0.234. The third-order valence-electron chi connectivity index (χ3n) is 7.93. The van der Waals surface area contributed by atoms with Gasteiger partial charge in [0.25, 0.3) is 0 Å². The molecule has 0 radical (unpaired) electrons. The van der Waals surface area contributed by atoms with Gasteiger partial charge in [0.1, 0.15) is 0 Å². The van der Waals surface area contributed by atoms with Gasteiger partial charge in [-0.2, -0.15) is 0 Å². The van der Waals surface area contributed by atoms with Crippen molar-refractivity contribution in [2.45, 2.75) is 18.4 Å². The van der Waals surface area contributed by atoms with Gasteiger partial charge in [-0.15, -0.1) is 0 Å². The molecule has 0 saturated carbocycles. The average molecular weight is 556 g/mol. The summed E-state index contributed by atoms with van der Waals surface area (Å²) in [6.45, 7) is 2.12. The van der Waals surface area contributed by atoms with E-state index in [-0.39, 0.29) is 5.82 Å². The summed E-state index contributed by atoms with van der Waals surface area (Å²) in [6.07, 6.45) is 1.79. The summed E-state index contributed by atoms with van der Waals surface area (Å²) >= 11 is -2.99. The number of nitrogens with zero attached hydrogens (tertiary/aromatic N) is 2. The second-order valence-corrected chi connectivity index (χ2v) is 19.5. The maximum absolute atomic E-state index is 14.5. The van der Waals surface area contributed by atoms with Crippen molar-refractivity contribution in [3.05, 3.63) is 114 Å². The quantitative estimate of drug-likeness (QED) is 0.181. The van der Waals surface area contributed by atoms with E-state index in [0.717, 1.165) is 33.5 Å². The number of hydrogen-bond acceptors (Lipinski definition) is 1. The van der Waals surface area contributed by atoms with Crippen LogP contribution in [-0.2, 0) is 7.05 Å². The molecule has 1 aromatic heterocycles. The number of benzene rings is 4. The predicted octanol–water partition coefficient (Wildman–Crippen LogP) is 6.63. The van der Waals surface area contributed by atoms with Gasteiger partial charge in [0.2, 0.25) is 0 Å². The van der Waals surface area contributed by atoms with Gasteiger partial charge in [0.15, 0.2) is 0 Å². The van der Waals surface area contributed by atoms with Gasteiger partial charge >= 0.3 is 227 Å². The molecule has 0 spiro atoms. The van der Waals surface area contributed by atoms with Crippen LogP contribution in [0.1, 0.15) is 11.1 Å². The van der Waals surface area contributed by atoms with Crippen LogP contribution in [0.4, 0.5) is 4.39 Å². The molecule has 38 heavy (non-hydrogen) atoms. The number of fused-ring (bicyclic) bond motifs is 3. The van der Waals surface area contributed by atoms with Crippen molar-refractivity contribution in [2.75, 3.05) is 0 Å². The number of nitriles is 1. The Morgan fingerprint density at radius 3 is 2.03 bits per heavy atom. The summed E-state index contributed by atoms with van der Waals surface area (Å²) in [5.41, 5.74) is 10.8. The molecule has 2 nitrogen and oxygen atoms in total. The maximum atomic E-state index is 14.5. The fourth-order valence-corrected chi connectivity index (χ4v) is 14.3. The molecular weight excluding hydrogens is 528 g/mol. The summed E-state index contributed by atoms with van der Waals surface area (Å²) < 4.78 is 19.2. The van der Waals surface area contributed by atoms with Gasteiger partial charge in [0.05, 0.1) is 0 Å². The van der Waals surface area contributed by atoms with E-state index in [1.54, 1.807) is 12.3 Å². The van der Waals surface area contributed by atoms with E-state index in [1.165, 1.54) is 31.5 Å². The summed E-state index contributed by atoms with van der Waals surface area (Å²) in [7, 11) is 1.98. The SMILES string of the molecule is Cc1ccc2[c](c1-c1cc(F)cc[n+]1C)[Ge]([CH3])([CH3])[c]1c-2ccc(C#N)c1-c1ccc(-c2ccccc2)cc1. The molecule has 2 heterocycles. The second-order valence-electron chi connectivity index (χ2n) is 10.6. The topological polar surface area (TPSA) is 27.7 Å². The van der Waals surface area contributed by atoms with Crippen molar-refractivity contribution in [1.29, 1.82) is 5.26 Å². The van der Waals surface area contributed by atoms with E-state index in [1.807, 2.05) is 35.9 Å². The first-order valence-corrected chi connectivity index (χ1v) is 19.1. The molecule has 0 atom stereocenters. The van der Waals surface area contributed by atoms with Crippen molar-refractivity contribution in [3.8, 4) is 50.7 Å². The Morgan fingerprint density at radius 2 is 1.34 bits per heavy atom. The van der Waals surface area contributed by atoms with Gasteiger partial charge in [-0.1, -0.05) is 0 Å².